The fourth-order valence-electron chi connectivity index (χ4n) is 2.53. The highest BCUT2D eigenvalue weighted by atomic mass is 35.5. The number of carboxylic acids is 1. The third-order valence-electron chi connectivity index (χ3n) is 3.53. The van der Waals surface area contributed by atoms with E-state index in [0.29, 0.717) is 25.2 Å². The molecule has 0 bridgehead atoms. The first-order chi connectivity index (χ1) is 9.15. The highest BCUT2D eigenvalue weighted by Crippen LogP contribution is 2.27. The summed E-state index contributed by atoms with van der Waals surface area (Å²) in [6, 6.07) is 6.29. The van der Waals surface area contributed by atoms with Crippen LogP contribution >= 0.6 is 12.4 Å². The number of hydrogen-bond donors (Lipinski definition) is 1. The molecule has 0 saturated heterocycles. The van der Waals surface area contributed by atoms with Crippen LogP contribution in [0.1, 0.15) is 12.1 Å². The van der Waals surface area contributed by atoms with Crippen molar-refractivity contribution in [3.8, 4) is 11.4 Å². The van der Waals surface area contributed by atoms with E-state index in [-0.39, 0.29) is 24.1 Å². The molecule has 4 nitrogen and oxygen atoms in total. The number of carboxylic acid groups (broad SMARTS) is 1. The largest absolute Gasteiger partial charge is 0.481 e. The summed E-state index contributed by atoms with van der Waals surface area (Å²) in [6.45, 7) is 0.609. The van der Waals surface area contributed by atoms with Crippen molar-refractivity contribution in [1.82, 2.24) is 9.55 Å². The van der Waals surface area contributed by atoms with Crippen LogP contribution in [0.2, 0.25) is 0 Å². The average molecular weight is 297 g/mol. The Bertz CT molecular complexity index is 642. The Morgan fingerprint density at radius 2 is 2.25 bits per heavy atom. The van der Waals surface area contributed by atoms with Gasteiger partial charge in [0.15, 0.2) is 0 Å². The molecule has 0 radical (unpaired) electrons. The summed E-state index contributed by atoms with van der Waals surface area (Å²) in [5.41, 5.74) is 1.62. The van der Waals surface area contributed by atoms with E-state index in [1.807, 2.05) is 10.6 Å². The maximum absolute atomic E-state index is 13.2. The molecule has 0 saturated carbocycles. The van der Waals surface area contributed by atoms with Gasteiger partial charge in [0.05, 0.1) is 5.92 Å². The van der Waals surface area contributed by atoms with E-state index >= 15 is 0 Å². The lowest BCUT2D eigenvalue weighted by molar-refractivity contribution is -0.142. The molecule has 2 heterocycles. The smallest absolute Gasteiger partial charge is 0.306 e. The molecule has 1 aliphatic heterocycles. The molecule has 1 atom stereocenters. The highest BCUT2D eigenvalue weighted by Gasteiger charge is 2.26. The van der Waals surface area contributed by atoms with Crippen LogP contribution in [-0.2, 0) is 17.8 Å². The lowest BCUT2D eigenvalue weighted by Gasteiger charge is -2.22. The van der Waals surface area contributed by atoms with Gasteiger partial charge in [-0.3, -0.25) is 4.79 Å². The van der Waals surface area contributed by atoms with Gasteiger partial charge in [-0.1, -0.05) is 12.1 Å². The van der Waals surface area contributed by atoms with Crippen LogP contribution in [0.15, 0.2) is 30.5 Å². The van der Waals surface area contributed by atoms with Crippen LogP contribution in [0.25, 0.3) is 11.4 Å². The van der Waals surface area contributed by atoms with Crippen LogP contribution in [0.5, 0.6) is 0 Å². The zero-order valence-electron chi connectivity index (χ0n) is 10.6. The molecule has 1 aliphatic rings. The van der Waals surface area contributed by atoms with Crippen molar-refractivity contribution >= 4 is 18.4 Å². The number of hydrogen-bond acceptors (Lipinski definition) is 2. The SMILES string of the molecule is Cl.O=C(O)C1CCn2c(cnc2-c2cccc(F)c2)C1. The first-order valence-corrected chi connectivity index (χ1v) is 6.18. The minimum absolute atomic E-state index is 0. The molecule has 2 aromatic rings. The zero-order chi connectivity index (χ0) is 13.4. The first kappa shape index (κ1) is 14.5. The summed E-state index contributed by atoms with van der Waals surface area (Å²) in [6.07, 6.45) is 2.76. The van der Waals surface area contributed by atoms with Gasteiger partial charge in [0.1, 0.15) is 11.6 Å². The number of halogens is 2. The number of imidazole rings is 1. The van der Waals surface area contributed by atoms with Crippen LogP contribution in [-0.4, -0.2) is 20.6 Å². The monoisotopic (exact) mass is 296 g/mol. The second-order valence-corrected chi connectivity index (χ2v) is 4.76. The quantitative estimate of drug-likeness (QED) is 0.927. The van der Waals surface area contributed by atoms with Gasteiger partial charge in [0.25, 0.3) is 0 Å². The van der Waals surface area contributed by atoms with Crippen LogP contribution < -0.4 is 0 Å². The van der Waals surface area contributed by atoms with Crippen LogP contribution in [0, 0.1) is 11.7 Å². The lowest BCUT2D eigenvalue weighted by Crippen LogP contribution is -2.25. The van der Waals surface area contributed by atoms with Gasteiger partial charge < -0.3 is 9.67 Å². The Labute approximate surface area is 121 Å². The summed E-state index contributed by atoms with van der Waals surface area (Å²) in [5, 5.41) is 9.04. The Kier molecular flexibility index (Phi) is 4.09. The average Bonchev–Trinajstić information content (AvgIpc) is 2.81. The van der Waals surface area contributed by atoms with Crippen molar-refractivity contribution in [3.63, 3.8) is 0 Å². The van der Waals surface area contributed by atoms with E-state index in [4.69, 9.17) is 5.11 Å². The summed E-state index contributed by atoms with van der Waals surface area (Å²) in [5.74, 6) is -0.697. The van der Waals surface area contributed by atoms with Crippen molar-refractivity contribution in [2.45, 2.75) is 19.4 Å². The Morgan fingerprint density at radius 3 is 2.95 bits per heavy atom. The summed E-state index contributed by atoms with van der Waals surface area (Å²) in [4.78, 5) is 15.3. The summed E-state index contributed by atoms with van der Waals surface area (Å²) in [7, 11) is 0. The number of nitrogens with zero attached hydrogens (tertiary/aromatic N) is 2. The molecule has 0 spiro atoms. The number of aromatic nitrogens is 2. The van der Waals surface area contributed by atoms with E-state index in [0.717, 1.165) is 11.3 Å². The van der Waals surface area contributed by atoms with Gasteiger partial charge in [-0.2, -0.15) is 0 Å². The van der Waals surface area contributed by atoms with E-state index < -0.39 is 5.97 Å². The number of rotatable bonds is 2. The second-order valence-electron chi connectivity index (χ2n) is 4.76. The Balaban J connectivity index is 0.00000147. The first-order valence-electron chi connectivity index (χ1n) is 6.18. The fourth-order valence-corrected chi connectivity index (χ4v) is 2.53. The second kappa shape index (κ2) is 5.63. The van der Waals surface area contributed by atoms with E-state index in [1.54, 1.807) is 12.3 Å². The van der Waals surface area contributed by atoms with E-state index in [9.17, 15) is 9.18 Å². The number of benzene rings is 1. The third-order valence-corrected chi connectivity index (χ3v) is 3.53. The maximum Gasteiger partial charge on any atom is 0.306 e. The summed E-state index contributed by atoms with van der Waals surface area (Å²) >= 11 is 0. The minimum Gasteiger partial charge on any atom is -0.481 e. The number of carbonyl (C=O) groups is 1. The standard InChI is InChI=1S/C14H13FN2O2.ClH/c15-11-3-1-2-9(6-11)13-16-8-12-7-10(14(18)19)4-5-17(12)13;/h1-3,6,8,10H,4-5,7H2,(H,18,19);1H. The minimum atomic E-state index is -0.764. The van der Waals surface area contributed by atoms with Gasteiger partial charge >= 0.3 is 5.97 Å². The van der Waals surface area contributed by atoms with E-state index in [2.05, 4.69) is 4.98 Å². The molecule has 1 aromatic carbocycles. The van der Waals surface area contributed by atoms with Gasteiger partial charge in [-0.05, 0) is 18.6 Å². The summed E-state index contributed by atoms with van der Waals surface area (Å²) < 4.78 is 15.2. The molecule has 1 N–H and O–H groups in total. The number of fused-ring (bicyclic) bond motifs is 1. The van der Waals surface area contributed by atoms with Crippen molar-refractivity contribution < 1.29 is 14.3 Å². The molecule has 1 unspecified atom stereocenters. The van der Waals surface area contributed by atoms with Crippen molar-refractivity contribution in [2.24, 2.45) is 5.92 Å². The molecule has 3 rings (SSSR count). The molecule has 106 valence electrons. The van der Waals surface area contributed by atoms with Crippen molar-refractivity contribution in [3.05, 3.63) is 42.0 Å². The molecule has 20 heavy (non-hydrogen) atoms. The van der Waals surface area contributed by atoms with Gasteiger partial charge in [-0.15, -0.1) is 12.4 Å². The maximum atomic E-state index is 13.2. The molecule has 0 amide bonds. The van der Waals surface area contributed by atoms with Gasteiger partial charge in [0.2, 0.25) is 0 Å². The third kappa shape index (κ3) is 2.54. The molecular weight excluding hydrogens is 283 g/mol. The van der Waals surface area contributed by atoms with Crippen LogP contribution in [0.3, 0.4) is 0 Å². The zero-order valence-corrected chi connectivity index (χ0v) is 11.4. The highest BCUT2D eigenvalue weighted by molar-refractivity contribution is 5.85. The predicted octanol–water partition coefficient (Wildman–Crippen LogP) is 2.76. The lowest BCUT2D eigenvalue weighted by atomic mass is 9.96. The Hall–Kier alpha value is -1.88. The van der Waals surface area contributed by atoms with Crippen molar-refractivity contribution in [2.75, 3.05) is 0 Å². The van der Waals surface area contributed by atoms with Crippen molar-refractivity contribution in [1.29, 1.82) is 0 Å². The molecule has 6 heteroatoms. The van der Waals surface area contributed by atoms with Crippen LogP contribution in [0.4, 0.5) is 4.39 Å². The predicted molar refractivity (Wildman–Crippen MR) is 74.3 cm³/mol. The molecule has 0 fully saturated rings. The Morgan fingerprint density at radius 1 is 1.45 bits per heavy atom. The topological polar surface area (TPSA) is 55.1 Å². The molecular formula is C14H14ClFN2O2. The number of aliphatic carboxylic acids is 1. The molecule has 1 aromatic heterocycles. The normalized spacial score (nSPS) is 17.1. The fraction of sp³-hybridized carbons (Fsp3) is 0.286. The molecule has 0 aliphatic carbocycles. The van der Waals surface area contributed by atoms with E-state index in [1.165, 1.54) is 12.1 Å². The van der Waals surface area contributed by atoms with Gasteiger partial charge in [-0.25, -0.2) is 9.37 Å². The van der Waals surface area contributed by atoms with Gasteiger partial charge in [0, 0.05) is 30.4 Å².